The standard InChI is InChI=1S/C15H17NOS2/c1-9-5-6-12(7-10(9)2)16-13-8-14(15(18)17-4)19-11(13)3/h5-8,16H,1-4H3. The molecule has 2 nitrogen and oxygen atoms in total. The van der Waals surface area contributed by atoms with Gasteiger partial charge in [0.05, 0.1) is 17.7 Å². The first-order valence-electron chi connectivity index (χ1n) is 6.04. The van der Waals surface area contributed by atoms with E-state index in [4.69, 9.17) is 17.0 Å². The first kappa shape index (κ1) is 14.0. The summed E-state index contributed by atoms with van der Waals surface area (Å²) in [5, 5.41) is 3.98. The monoisotopic (exact) mass is 291 g/mol. The highest BCUT2D eigenvalue weighted by Crippen LogP contribution is 2.30. The summed E-state index contributed by atoms with van der Waals surface area (Å²) >= 11 is 6.80. The molecule has 4 heteroatoms. The number of nitrogens with one attached hydrogen (secondary N) is 1. The van der Waals surface area contributed by atoms with Crippen molar-refractivity contribution in [2.75, 3.05) is 12.4 Å². The van der Waals surface area contributed by atoms with Gasteiger partial charge in [0.1, 0.15) is 0 Å². The molecule has 0 saturated carbocycles. The van der Waals surface area contributed by atoms with Crippen LogP contribution in [0.4, 0.5) is 11.4 Å². The number of methoxy groups -OCH3 is 1. The SMILES string of the molecule is COC(=S)c1cc(Nc2ccc(C)c(C)c2)c(C)s1. The summed E-state index contributed by atoms with van der Waals surface area (Å²) in [5.74, 6) is 0. The van der Waals surface area contributed by atoms with Gasteiger partial charge in [-0.15, -0.1) is 11.3 Å². The van der Waals surface area contributed by atoms with Crippen LogP contribution in [0.1, 0.15) is 20.9 Å². The van der Waals surface area contributed by atoms with Crippen molar-refractivity contribution in [2.45, 2.75) is 20.8 Å². The van der Waals surface area contributed by atoms with E-state index in [0.717, 1.165) is 16.3 Å². The van der Waals surface area contributed by atoms with Gasteiger partial charge in [0.15, 0.2) is 0 Å². The Morgan fingerprint density at radius 2 is 1.89 bits per heavy atom. The Hall–Kier alpha value is -1.39. The van der Waals surface area contributed by atoms with Crippen molar-refractivity contribution in [3.8, 4) is 0 Å². The first-order chi connectivity index (χ1) is 9.01. The van der Waals surface area contributed by atoms with E-state index < -0.39 is 0 Å². The number of hydrogen-bond donors (Lipinski definition) is 1. The minimum Gasteiger partial charge on any atom is -0.486 e. The van der Waals surface area contributed by atoms with Crippen LogP contribution >= 0.6 is 23.6 Å². The molecule has 2 rings (SSSR count). The first-order valence-corrected chi connectivity index (χ1v) is 7.26. The third kappa shape index (κ3) is 3.14. The molecule has 0 aliphatic rings. The molecule has 0 unspecified atom stereocenters. The predicted molar refractivity (Wildman–Crippen MR) is 87.0 cm³/mol. The van der Waals surface area contributed by atoms with Crippen LogP contribution in [0.15, 0.2) is 24.3 Å². The van der Waals surface area contributed by atoms with Gasteiger partial charge < -0.3 is 10.1 Å². The summed E-state index contributed by atoms with van der Waals surface area (Å²) in [7, 11) is 1.60. The Bertz CT molecular complexity index is 617. The Kier molecular flexibility index (Phi) is 4.22. The van der Waals surface area contributed by atoms with Gasteiger partial charge >= 0.3 is 0 Å². The van der Waals surface area contributed by atoms with Crippen LogP contribution in [-0.4, -0.2) is 12.2 Å². The zero-order chi connectivity index (χ0) is 14.0. The molecule has 1 heterocycles. The maximum Gasteiger partial charge on any atom is 0.201 e. The van der Waals surface area contributed by atoms with E-state index in [2.05, 4.69) is 44.3 Å². The zero-order valence-corrected chi connectivity index (χ0v) is 13.2. The number of benzene rings is 1. The van der Waals surface area contributed by atoms with E-state index in [0.29, 0.717) is 5.05 Å². The molecule has 0 atom stereocenters. The van der Waals surface area contributed by atoms with Gasteiger partial charge in [-0.25, -0.2) is 0 Å². The molecule has 1 aromatic carbocycles. The average molecular weight is 291 g/mol. The van der Waals surface area contributed by atoms with Crippen molar-refractivity contribution in [3.05, 3.63) is 45.1 Å². The maximum atomic E-state index is 5.16. The summed E-state index contributed by atoms with van der Waals surface area (Å²) in [5.41, 5.74) is 4.76. The third-order valence-electron chi connectivity index (χ3n) is 3.09. The van der Waals surface area contributed by atoms with Crippen LogP contribution in [-0.2, 0) is 4.74 Å². The molecular weight excluding hydrogens is 274 g/mol. The van der Waals surface area contributed by atoms with E-state index in [-0.39, 0.29) is 0 Å². The van der Waals surface area contributed by atoms with E-state index in [1.807, 2.05) is 6.07 Å². The van der Waals surface area contributed by atoms with Crippen molar-refractivity contribution in [1.82, 2.24) is 0 Å². The van der Waals surface area contributed by atoms with E-state index >= 15 is 0 Å². The molecule has 0 aliphatic carbocycles. The molecular formula is C15H17NOS2. The Labute approximate surface area is 123 Å². The second-order valence-electron chi connectivity index (χ2n) is 4.50. The number of thiophene rings is 1. The van der Waals surface area contributed by atoms with Crippen molar-refractivity contribution >= 4 is 40.0 Å². The van der Waals surface area contributed by atoms with Gasteiger partial charge in [0.25, 0.3) is 0 Å². The number of rotatable bonds is 3. The largest absolute Gasteiger partial charge is 0.486 e. The second-order valence-corrected chi connectivity index (χ2v) is 6.12. The summed E-state index contributed by atoms with van der Waals surface area (Å²) in [4.78, 5) is 2.19. The smallest absolute Gasteiger partial charge is 0.201 e. The molecule has 0 amide bonds. The van der Waals surface area contributed by atoms with Crippen molar-refractivity contribution in [3.63, 3.8) is 0 Å². The summed E-state index contributed by atoms with van der Waals surface area (Å²) in [6, 6.07) is 8.41. The van der Waals surface area contributed by atoms with Crippen LogP contribution in [0, 0.1) is 20.8 Å². The summed E-state index contributed by atoms with van der Waals surface area (Å²) in [6.07, 6.45) is 0. The average Bonchev–Trinajstić information content (AvgIpc) is 2.74. The normalized spacial score (nSPS) is 10.3. The molecule has 0 fully saturated rings. The topological polar surface area (TPSA) is 21.3 Å². The molecule has 0 saturated heterocycles. The van der Waals surface area contributed by atoms with Crippen LogP contribution in [0.5, 0.6) is 0 Å². The van der Waals surface area contributed by atoms with Crippen LogP contribution in [0.3, 0.4) is 0 Å². The lowest BCUT2D eigenvalue weighted by molar-refractivity contribution is 0.417. The van der Waals surface area contributed by atoms with Gasteiger partial charge in [-0.3, -0.25) is 0 Å². The maximum absolute atomic E-state index is 5.16. The number of aryl methyl sites for hydroxylation is 3. The van der Waals surface area contributed by atoms with Crippen LogP contribution in [0.25, 0.3) is 0 Å². The molecule has 0 radical (unpaired) electrons. The number of thiocarbonyl (C=S) groups is 1. The second kappa shape index (κ2) is 5.72. The highest BCUT2D eigenvalue weighted by molar-refractivity contribution is 7.80. The molecule has 0 bridgehead atoms. The van der Waals surface area contributed by atoms with Gasteiger partial charge in [0.2, 0.25) is 5.05 Å². The molecule has 1 aromatic heterocycles. The molecule has 2 aromatic rings. The van der Waals surface area contributed by atoms with Gasteiger partial charge in [-0.05, 0) is 62.3 Å². The molecule has 0 aliphatic heterocycles. The highest BCUT2D eigenvalue weighted by atomic mass is 32.1. The Morgan fingerprint density at radius 3 is 2.53 bits per heavy atom. The summed E-state index contributed by atoms with van der Waals surface area (Å²) < 4.78 is 5.10. The predicted octanol–water partition coefficient (Wildman–Crippen LogP) is 4.74. The fourth-order valence-electron chi connectivity index (χ4n) is 1.78. The fraction of sp³-hybridized carbons (Fsp3) is 0.267. The number of hydrogen-bond acceptors (Lipinski definition) is 4. The van der Waals surface area contributed by atoms with Crippen molar-refractivity contribution in [1.29, 1.82) is 0 Å². The molecule has 0 spiro atoms. The lowest BCUT2D eigenvalue weighted by Gasteiger charge is -2.08. The van der Waals surface area contributed by atoms with Crippen molar-refractivity contribution < 1.29 is 4.74 Å². The van der Waals surface area contributed by atoms with Crippen molar-refractivity contribution in [2.24, 2.45) is 0 Å². The van der Waals surface area contributed by atoms with Gasteiger partial charge in [0, 0.05) is 10.6 Å². The number of anilines is 2. The lowest BCUT2D eigenvalue weighted by atomic mass is 10.1. The Balaban J connectivity index is 2.25. The van der Waals surface area contributed by atoms with Crippen LogP contribution < -0.4 is 5.32 Å². The van der Waals surface area contributed by atoms with E-state index in [9.17, 15) is 0 Å². The van der Waals surface area contributed by atoms with E-state index in [1.165, 1.54) is 16.0 Å². The molecule has 19 heavy (non-hydrogen) atoms. The summed E-state index contributed by atoms with van der Waals surface area (Å²) in [6.45, 7) is 6.31. The zero-order valence-electron chi connectivity index (χ0n) is 11.5. The fourth-order valence-corrected chi connectivity index (χ4v) is 2.86. The minimum absolute atomic E-state index is 0.543. The molecule has 100 valence electrons. The Morgan fingerprint density at radius 1 is 1.16 bits per heavy atom. The van der Waals surface area contributed by atoms with E-state index in [1.54, 1.807) is 18.4 Å². The minimum atomic E-state index is 0.543. The highest BCUT2D eigenvalue weighted by Gasteiger charge is 2.10. The number of ether oxygens (including phenoxy) is 1. The third-order valence-corrected chi connectivity index (χ3v) is 4.66. The van der Waals surface area contributed by atoms with Gasteiger partial charge in [-0.2, -0.15) is 0 Å². The lowest BCUT2D eigenvalue weighted by Crippen LogP contribution is -1.95. The van der Waals surface area contributed by atoms with Crippen LogP contribution in [0.2, 0.25) is 0 Å². The quantitative estimate of drug-likeness (QED) is 0.825. The van der Waals surface area contributed by atoms with Gasteiger partial charge in [-0.1, -0.05) is 6.07 Å². The molecule has 1 N–H and O–H groups in total.